The van der Waals surface area contributed by atoms with Crippen LogP contribution in [0.1, 0.15) is 36.2 Å². The van der Waals surface area contributed by atoms with Gasteiger partial charge in [0.15, 0.2) is 11.5 Å². The number of ether oxygens (including phenoxy) is 2. The van der Waals surface area contributed by atoms with Crippen molar-refractivity contribution in [3.8, 4) is 11.5 Å². The third-order valence-electron chi connectivity index (χ3n) is 5.73. The fourth-order valence-electron chi connectivity index (χ4n) is 4.15. The van der Waals surface area contributed by atoms with Crippen LogP contribution in [0.25, 0.3) is 11.0 Å². The fraction of sp³-hybridized carbons (Fsp3) is 0.269. The van der Waals surface area contributed by atoms with E-state index in [0.29, 0.717) is 5.02 Å². The van der Waals surface area contributed by atoms with Crippen molar-refractivity contribution in [1.82, 2.24) is 9.55 Å². The highest BCUT2D eigenvalue weighted by Crippen LogP contribution is 2.32. The highest BCUT2D eigenvalue weighted by molar-refractivity contribution is 6.31. The molecule has 0 spiro atoms. The average Bonchev–Trinajstić information content (AvgIpc) is 3.15. The minimum absolute atomic E-state index is 0.220. The molecule has 0 amide bonds. The van der Waals surface area contributed by atoms with Crippen LogP contribution in [-0.2, 0) is 13.0 Å². The van der Waals surface area contributed by atoms with Crippen molar-refractivity contribution >= 4 is 22.6 Å². The molecule has 0 fully saturated rings. The van der Waals surface area contributed by atoms with Crippen LogP contribution < -0.4 is 9.47 Å². The molecule has 0 aliphatic carbocycles. The lowest BCUT2D eigenvalue weighted by Gasteiger charge is -2.18. The van der Waals surface area contributed by atoms with Crippen molar-refractivity contribution in [2.75, 3.05) is 14.2 Å². The predicted octanol–water partition coefficient (Wildman–Crippen LogP) is 6.49. The molecule has 0 N–H and O–H groups in total. The molecule has 31 heavy (non-hydrogen) atoms. The molecule has 4 aromatic rings. The van der Waals surface area contributed by atoms with Gasteiger partial charge in [0, 0.05) is 17.5 Å². The number of aromatic nitrogens is 2. The number of aryl methyl sites for hydroxylation is 2. The monoisotopic (exact) mass is 434 g/mol. The Balaban J connectivity index is 1.73. The van der Waals surface area contributed by atoms with Gasteiger partial charge in [-0.1, -0.05) is 54.9 Å². The van der Waals surface area contributed by atoms with E-state index in [4.69, 9.17) is 26.1 Å². The van der Waals surface area contributed by atoms with Gasteiger partial charge in [-0.3, -0.25) is 0 Å². The summed E-state index contributed by atoms with van der Waals surface area (Å²) in [7, 11) is 3.32. The highest BCUT2D eigenvalue weighted by Gasteiger charge is 2.21. The number of rotatable bonds is 8. The first-order valence-corrected chi connectivity index (χ1v) is 10.9. The van der Waals surface area contributed by atoms with Crippen LogP contribution in [0.4, 0.5) is 0 Å². The molecule has 0 bridgehead atoms. The van der Waals surface area contributed by atoms with Crippen LogP contribution in [0.15, 0.2) is 66.7 Å². The van der Waals surface area contributed by atoms with Crippen molar-refractivity contribution in [2.45, 2.75) is 32.2 Å². The van der Waals surface area contributed by atoms with Crippen LogP contribution >= 0.6 is 11.6 Å². The van der Waals surface area contributed by atoms with Gasteiger partial charge in [0.05, 0.1) is 25.3 Å². The minimum atomic E-state index is 0.220. The summed E-state index contributed by atoms with van der Waals surface area (Å²) in [4.78, 5) is 5.03. The first-order valence-electron chi connectivity index (χ1n) is 10.6. The van der Waals surface area contributed by atoms with Gasteiger partial charge in [-0.2, -0.15) is 0 Å². The van der Waals surface area contributed by atoms with Gasteiger partial charge >= 0.3 is 0 Å². The summed E-state index contributed by atoms with van der Waals surface area (Å²) in [5.74, 6) is 2.78. The Hall–Kier alpha value is -2.98. The molecule has 0 saturated carbocycles. The van der Waals surface area contributed by atoms with Gasteiger partial charge in [-0.05, 0) is 54.3 Å². The molecule has 1 unspecified atom stereocenters. The third-order valence-corrected chi connectivity index (χ3v) is 5.97. The van der Waals surface area contributed by atoms with E-state index in [1.54, 1.807) is 14.2 Å². The SMILES string of the molecule is CCC(c1ccccc1)c1nc2cc(Cl)ccc2n1CCc1ccc(OC)c(OC)c1. The fourth-order valence-corrected chi connectivity index (χ4v) is 4.32. The smallest absolute Gasteiger partial charge is 0.160 e. The number of hydrogen-bond donors (Lipinski definition) is 0. The number of nitrogens with zero attached hydrogens (tertiary/aromatic N) is 2. The van der Waals surface area contributed by atoms with Gasteiger partial charge in [-0.25, -0.2) is 4.98 Å². The summed E-state index contributed by atoms with van der Waals surface area (Å²) in [5, 5.41) is 0.705. The van der Waals surface area contributed by atoms with E-state index >= 15 is 0 Å². The maximum Gasteiger partial charge on any atom is 0.160 e. The van der Waals surface area contributed by atoms with Gasteiger partial charge in [-0.15, -0.1) is 0 Å². The van der Waals surface area contributed by atoms with Crippen molar-refractivity contribution in [3.63, 3.8) is 0 Å². The van der Waals surface area contributed by atoms with E-state index in [2.05, 4.69) is 54.0 Å². The minimum Gasteiger partial charge on any atom is -0.493 e. The molecular weight excluding hydrogens is 408 g/mol. The van der Waals surface area contributed by atoms with Crippen LogP contribution in [0.3, 0.4) is 0 Å². The molecule has 4 rings (SSSR count). The van der Waals surface area contributed by atoms with E-state index < -0.39 is 0 Å². The molecule has 4 nitrogen and oxygen atoms in total. The average molecular weight is 435 g/mol. The maximum absolute atomic E-state index is 6.27. The zero-order valence-electron chi connectivity index (χ0n) is 18.1. The molecule has 0 saturated heterocycles. The topological polar surface area (TPSA) is 36.3 Å². The third kappa shape index (κ3) is 4.40. The number of imidazole rings is 1. The zero-order valence-corrected chi connectivity index (χ0v) is 18.9. The summed E-state index contributed by atoms with van der Waals surface area (Å²) >= 11 is 6.27. The summed E-state index contributed by atoms with van der Waals surface area (Å²) in [6.07, 6.45) is 1.82. The molecular formula is C26H27ClN2O2. The Kier molecular flexibility index (Phi) is 6.47. The summed E-state index contributed by atoms with van der Waals surface area (Å²) < 4.78 is 13.2. The predicted molar refractivity (Wildman–Crippen MR) is 127 cm³/mol. The summed E-state index contributed by atoms with van der Waals surface area (Å²) in [6.45, 7) is 3.02. The van der Waals surface area contributed by atoms with Gasteiger partial charge in [0.2, 0.25) is 0 Å². The molecule has 5 heteroatoms. The van der Waals surface area contributed by atoms with Crippen molar-refractivity contribution in [3.05, 3.63) is 88.7 Å². The maximum atomic E-state index is 6.27. The molecule has 1 atom stereocenters. The van der Waals surface area contributed by atoms with E-state index in [9.17, 15) is 0 Å². The Morgan fingerprint density at radius 2 is 1.71 bits per heavy atom. The number of benzene rings is 3. The zero-order chi connectivity index (χ0) is 21.8. The van der Waals surface area contributed by atoms with Gasteiger partial charge in [0.25, 0.3) is 0 Å². The van der Waals surface area contributed by atoms with E-state index in [1.165, 1.54) is 11.1 Å². The molecule has 160 valence electrons. The van der Waals surface area contributed by atoms with Gasteiger partial charge in [0.1, 0.15) is 5.82 Å². The number of hydrogen-bond acceptors (Lipinski definition) is 3. The lowest BCUT2D eigenvalue weighted by Crippen LogP contribution is -2.12. The second-order valence-electron chi connectivity index (χ2n) is 7.57. The standard InChI is InChI=1S/C26H27ClN2O2/c1-4-21(19-8-6-5-7-9-19)26-28-22-17-20(27)11-12-23(22)29(26)15-14-18-10-13-24(30-2)25(16-18)31-3/h5-13,16-17,21H,4,14-15H2,1-3H3. The normalized spacial score (nSPS) is 12.1. The summed E-state index contributed by atoms with van der Waals surface area (Å²) in [5.41, 5.74) is 4.50. The first-order chi connectivity index (χ1) is 15.1. The van der Waals surface area contributed by atoms with Crippen LogP contribution in [-0.4, -0.2) is 23.8 Å². The molecule has 0 aliphatic rings. The van der Waals surface area contributed by atoms with E-state index in [-0.39, 0.29) is 5.92 Å². The molecule has 1 heterocycles. The summed E-state index contributed by atoms with van der Waals surface area (Å²) in [6, 6.07) is 22.6. The molecule has 0 aliphatic heterocycles. The number of halogens is 1. The number of fused-ring (bicyclic) bond motifs is 1. The quantitative estimate of drug-likeness (QED) is 0.318. The van der Waals surface area contributed by atoms with Gasteiger partial charge < -0.3 is 14.0 Å². The van der Waals surface area contributed by atoms with E-state index in [1.807, 2.05) is 24.3 Å². The molecule has 3 aromatic carbocycles. The van der Waals surface area contributed by atoms with Crippen LogP contribution in [0.5, 0.6) is 11.5 Å². The van der Waals surface area contributed by atoms with Crippen LogP contribution in [0, 0.1) is 0 Å². The van der Waals surface area contributed by atoms with Crippen molar-refractivity contribution in [1.29, 1.82) is 0 Å². The van der Waals surface area contributed by atoms with Crippen molar-refractivity contribution in [2.24, 2.45) is 0 Å². The highest BCUT2D eigenvalue weighted by atomic mass is 35.5. The second kappa shape index (κ2) is 9.44. The Labute approximate surface area is 188 Å². The van der Waals surface area contributed by atoms with E-state index in [0.717, 1.165) is 47.7 Å². The van der Waals surface area contributed by atoms with Crippen LogP contribution in [0.2, 0.25) is 5.02 Å². The Bertz CT molecular complexity index is 1170. The lowest BCUT2D eigenvalue weighted by molar-refractivity contribution is 0.354. The second-order valence-corrected chi connectivity index (χ2v) is 8.00. The first kappa shape index (κ1) is 21.3. The Morgan fingerprint density at radius 3 is 2.42 bits per heavy atom. The molecule has 0 radical (unpaired) electrons. The van der Waals surface area contributed by atoms with Crippen molar-refractivity contribution < 1.29 is 9.47 Å². The largest absolute Gasteiger partial charge is 0.493 e. The molecule has 1 aromatic heterocycles. The lowest BCUT2D eigenvalue weighted by atomic mass is 9.95. The number of methoxy groups -OCH3 is 2. The Morgan fingerprint density at radius 1 is 0.935 bits per heavy atom.